The van der Waals surface area contributed by atoms with E-state index in [9.17, 15) is 9.18 Å². The van der Waals surface area contributed by atoms with Gasteiger partial charge in [-0.05, 0) is 52.8 Å². The summed E-state index contributed by atoms with van der Waals surface area (Å²) in [7, 11) is 0. The zero-order chi connectivity index (χ0) is 13.1. The lowest BCUT2D eigenvalue weighted by Crippen LogP contribution is -2.22. The highest BCUT2D eigenvalue weighted by molar-refractivity contribution is 14.1. The van der Waals surface area contributed by atoms with Crippen LogP contribution < -0.4 is 5.32 Å². The van der Waals surface area contributed by atoms with Gasteiger partial charge in [0.25, 0.3) is 5.91 Å². The number of benzene rings is 1. The molecule has 0 saturated carbocycles. The smallest absolute Gasteiger partial charge is 0.252 e. The van der Waals surface area contributed by atoms with Gasteiger partial charge in [0.05, 0.1) is 8.45 Å². The molecule has 1 aromatic heterocycles. The Kier molecular flexibility index (Phi) is 4.34. The lowest BCUT2D eigenvalue weighted by Gasteiger charge is -2.05. The molecule has 2 aromatic rings. The van der Waals surface area contributed by atoms with E-state index in [-0.39, 0.29) is 11.7 Å². The largest absolute Gasteiger partial charge is 0.348 e. The molecule has 2 nitrogen and oxygen atoms in total. The molecule has 0 spiro atoms. The van der Waals surface area contributed by atoms with Gasteiger partial charge in [0, 0.05) is 11.9 Å². The van der Waals surface area contributed by atoms with Crippen LogP contribution in [-0.4, -0.2) is 5.91 Å². The van der Waals surface area contributed by atoms with Crippen molar-refractivity contribution < 1.29 is 9.18 Å². The first kappa shape index (κ1) is 13.5. The van der Waals surface area contributed by atoms with E-state index in [0.717, 1.165) is 8.45 Å². The summed E-state index contributed by atoms with van der Waals surface area (Å²) in [6.07, 6.45) is 0. The molecule has 0 saturated heterocycles. The van der Waals surface area contributed by atoms with E-state index in [4.69, 9.17) is 0 Å². The summed E-state index contributed by atoms with van der Waals surface area (Å²) in [5.41, 5.74) is 2.02. The number of nitrogens with one attached hydrogen (secondary N) is 1. The van der Waals surface area contributed by atoms with Crippen LogP contribution in [0.15, 0.2) is 29.6 Å². The van der Waals surface area contributed by atoms with Crippen molar-refractivity contribution in [2.24, 2.45) is 0 Å². The van der Waals surface area contributed by atoms with Gasteiger partial charge in [-0.1, -0.05) is 12.1 Å². The summed E-state index contributed by atoms with van der Waals surface area (Å²) >= 11 is 3.70. The van der Waals surface area contributed by atoms with Gasteiger partial charge in [0.15, 0.2) is 0 Å². The second-order valence-electron chi connectivity index (χ2n) is 3.91. The van der Waals surface area contributed by atoms with Gasteiger partial charge < -0.3 is 5.32 Å². The van der Waals surface area contributed by atoms with Gasteiger partial charge in [-0.25, -0.2) is 4.39 Å². The predicted octanol–water partition coefficient (Wildman–Crippen LogP) is 3.73. The zero-order valence-electron chi connectivity index (χ0n) is 9.67. The molecule has 1 heterocycles. The number of halogens is 2. The predicted molar refractivity (Wildman–Crippen MR) is 79.3 cm³/mol. The minimum absolute atomic E-state index is 0.129. The fourth-order valence-corrected chi connectivity index (χ4v) is 2.79. The minimum Gasteiger partial charge on any atom is -0.348 e. The van der Waals surface area contributed by atoms with Crippen LogP contribution in [0.1, 0.15) is 21.5 Å². The summed E-state index contributed by atoms with van der Waals surface area (Å²) < 4.78 is 14.4. The van der Waals surface area contributed by atoms with E-state index in [1.165, 1.54) is 17.4 Å². The third-order valence-corrected chi connectivity index (χ3v) is 4.31. The Bertz CT molecular complexity index is 582. The highest BCUT2D eigenvalue weighted by Crippen LogP contribution is 2.16. The maximum atomic E-state index is 13.3. The molecular formula is C13H11FINOS. The van der Waals surface area contributed by atoms with Crippen molar-refractivity contribution in [3.05, 3.63) is 55.0 Å². The average Bonchev–Trinajstić information content (AvgIpc) is 2.77. The van der Waals surface area contributed by atoms with Crippen molar-refractivity contribution in [3.8, 4) is 0 Å². The minimum atomic E-state index is -0.244. The number of aryl methyl sites for hydroxylation is 1. The third-order valence-electron chi connectivity index (χ3n) is 2.52. The quantitative estimate of drug-likeness (QED) is 0.814. The van der Waals surface area contributed by atoms with Crippen LogP contribution in [0.25, 0.3) is 0 Å². The van der Waals surface area contributed by atoms with E-state index in [1.54, 1.807) is 13.0 Å². The molecule has 5 heteroatoms. The Morgan fingerprint density at radius 3 is 2.83 bits per heavy atom. The third kappa shape index (κ3) is 3.29. The number of thiophene rings is 1. The Hall–Kier alpha value is -0.950. The molecule has 0 aliphatic heterocycles. The topological polar surface area (TPSA) is 29.1 Å². The maximum Gasteiger partial charge on any atom is 0.252 e. The van der Waals surface area contributed by atoms with Crippen molar-refractivity contribution >= 4 is 39.8 Å². The van der Waals surface area contributed by atoms with Crippen molar-refractivity contribution in [1.82, 2.24) is 5.32 Å². The Morgan fingerprint density at radius 2 is 2.22 bits per heavy atom. The maximum absolute atomic E-state index is 13.3. The molecule has 1 amide bonds. The van der Waals surface area contributed by atoms with E-state index in [2.05, 4.69) is 27.9 Å². The summed E-state index contributed by atoms with van der Waals surface area (Å²) in [5, 5.41) is 4.59. The standard InChI is InChI=1S/C13H11FINOS/c1-8-2-3-9(4-11(8)14)6-16-13(17)10-5-12(15)18-7-10/h2-5,7H,6H2,1H3,(H,16,17). The van der Waals surface area contributed by atoms with Crippen molar-refractivity contribution in [2.75, 3.05) is 0 Å². The summed E-state index contributed by atoms with van der Waals surface area (Å²) in [5.74, 6) is -0.373. The van der Waals surface area contributed by atoms with Gasteiger partial charge >= 0.3 is 0 Å². The molecule has 0 bridgehead atoms. The summed E-state index contributed by atoms with van der Waals surface area (Å²) in [6.45, 7) is 2.05. The van der Waals surface area contributed by atoms with Crippen molar-refractivity contribution in [1.29, 1.82) is 0 Å². The zero-order valence-corrected chi connectivity index (χ0v) is 12.6. The van der Waals surface area contributed by atoms with Crippen LogP contribution in [0.2, 0.25) is 0 Å². The van der Waals surface area contributed by atoms with Crippen molar-refractivity contribution in [3.63, 3.8) is 0 Å². The molecule has 18 heavy (non-hydrogen) atoms. The fourth-order valence-electron chi connectivity index (χ4n) is 1.46. The molecule has 0 unspecified atom stereocenters. The van der Waals surface area contributed by atoms with E-state index in [0.29, 0.717) is 17.7 Å². The fraction of sp³-hybridized carbons (Fsp3) is 0.154. The highest BCUT2D eigenvalue weighted by atomic mass is 127. The first-order valence-corrected chi connectivity index (χ1v) is 7.29. The molecule has 0 radical (unpaired) electrons. The number of hydrogen-bond donors (Lipinski definition) is 1. The number of carbonyl (C=O) groups is 1. The second kappa shape index (κ2) is 5.79. The normalized spacial score (nSPS) is 10.4. The molecule has 0 atom stereocenters. The Balaban J connectivity index is 1.99. The average molecular weight is 375 g/mol. The molecule has 1 N–H and O–H groups in total. The molecule has 1 aromatic carbocycles. The van der Waals surface area contributed by atoms with Crippen LogP contribution in [0, 0.1) is 15.6 Å². The lowest BCUT2D eigenvalue weighted by atomic mass is 10.1. The molecule has 0 aliphatic carbocycles. The van der Waals surface area contributed by atoms with E-state index >= 15 is 0 Å². The SMILES string of the molecule is Cc1ccc(CNC(=O)c2csc(I)c2)cc1F. The van der Waals surface area contributed by atoms with Crippen LogP contribution in [0.4, 0.5) is 4.39 Å². The monoisotopic (exact) mass is 375 g/mol. The number of amides is 1. The summed E-state index contributed by atoms with van der Waals surface area (Å²) in [4.78, 5) is 11.8. The first-order valence-electron chi connectivity index (χ1n) is 5.33. The molecule has 2 rings (SSSR count). The highest BCUT2D eigenvalue weighted by Gasteiger charge is 2.07. The van der Waals surface area contributed by atoms with Crippen LogP contribution >= 0.6 is 33.9 Å². The number of carbonyl (C=O) groups excluding carboxylic acids is 1. The molecule has 0 aliphatic rings. The van der Waals surface area contributed by atoms with Gasteiger partial charge in [-0.3, -0.25) is 4.79 Å². The van der Waals surface area contributed by atoms with E-state index in [1.807, 2.05) is 17.5 Å². The van der Waals surface area contributed by atoms with E-state index < -0.39 is 0 Å². The lowest BCUT2D eigenvalue weighted by molar-refractivity contribution is 0.0951. The van der Waals surface area contributed by atoms with Gasteiger partial charge in [-0.15, -0.1) is 11.3 Å². The van der Waals surface area contributed by atoms with Gasteiger partial charge in [0.2, 0.25) is 0 Å². The summed E-state index contributed by atoms with van der Waals surface area (Å²) in [6, 6.07) is 6.81. The molecule has 94 valence electrons. The van der Waals surface area contributed by atoms with Gasteiger partial charge in [-0.2, -0.15) is 0 Å². The Labute approximate surface area is 122 Å². The van der Waals surface area contributed by atoms with Crippen LogP contribution in [0.5, 0.6) is 0 Å². The molecular weight excluding hydrogens is 364 g/mol. The number of hydrogen-bond acceptors (Lipinski definition) is 2. The van der Waals surface area contributed by atoms with Gasteiger partial charge in [0.1, 0.15) is 5.82 Å². The Morgan fingerprint density at radius 1 is 1.44 bits per heavy atom. The number of rotatable bonds is 3. The van der Waals surface area contributed by atoms with Crippen molar-refractivity contribution in [2.45, 2.75) is 13.5 Å². The van der Waals surface area contributed by atoms with Crippen LogP contribution in [-0.2, 0) is 6.54 Å². The first-order chi connectivity index (χ1) is 8.56. The molecule has 0 fully saturated rings. The second-order valence-corrected chi connectivity index (χ2v) is 6.71. The van der Waals surface area contributed by atoms with Crippen LogP contribution in [0.3, 0.4) is 0 Å².